The van der Waals surface area contributed by atoms with Crippen molar-refractivity contribution in [3.05, 3.63) is 28.8 Å². The molecule has 4 heteroatoms. The molecule has 1 aromatic carbocycles. The molecule has 0 aliphatic carbocycles. The van der Waals surface area contributed by atoms with Gasteiger partial charge in [0.1, 0.15) is 0 Å². The van der Waals surface area contributed by atoms with Crippen molar-refractivity contribution in [2.24, 2.45) is 0 Å². The highest BCUT2D eigenvalue weighted by Crippen LogP contribution is 2.16. The van der Waals surface area contributed by atoms with Crippen LogP contribution in [0.4, 0.5) is 5.69 Å². The fourth-order valence-electron chi connectivity index (χ4n) is 1.24. The summed E-state index contributed by atoms with van der Waals surface area (Å²) in [6, 6.07) is 4.76. The summed E-state index contributed by atoms with van der Waals surface area (Å²) in [6.45, 7) is 0.551. The van der Waals surface area contributed by atoms with E-state index in [0.717, 1.165) is 6.42 Å². The lowest BCUT2D eigenvalue weighted by atomic mass is 10.2. The number of carbonyl (C=O) groups is 1. The summed E-state index contributed by atoms with van der Waals surface area (Å²) in [6.07, 6.45) is 6.51. The Balaban J connectivity index is 2.56. The molecule has 0 aromatic heterocycles. The molecule has 84 valence electrons. The smallest absolute Gasteiger partial charge is 0.251 e. The molecule has 0 spiro atoms. The van der Waals surface area contributed by atoms with Crippen LogP contribution in [0.3, 0.4) is 0 Å². The van der Waals surface area contributed by atoms with Gasteiger partial charge in [0.25, 0.3) is 5.91 Å². The van der Waals surface area contributed by atoms with Gasteiger partial charge in [0.05, 0.1) is 0 Å². The van der Waals surface area contributed by atoms with Gasteiger partial charge < -0.3 is 11.1 Å². The molecule has 0 aliphatic rings. The molecule has 0 fully saturated rings. The molecule has 0 saturated heterocycles. The first-order valence-corrected chi connectivity index (χ1v) is 5.29. The van der Waals surface area contributed by atoms with E-state index < -0.39 is 0 Å². The first-order chi connectivity index (χ1) is 7.63. The maximum atomic E-state index is 11.6. The van der Waals surface area contributed by atoms with E-state index in [-0.39, 0.29) is 5.91 Å². The van der Waals surface area contributed by atoms with Gasteiger partial charge in [-0.1, -0.05) is 11.6 Å². The van der Waals surface area contributed by atoms with Crippen LogP contribution >= 0.6 is 11.6 Å². The minimum absolute atomic E-state index is 0.189. The number of hydrogen-bond donors (Lipinski definition) is 2. The van der Waals surface area contributed by atoms with E-state index in [0.29, 0.717) is 29.2 Å². The number of halogens is 1. The number of carbonyl (C=O) groups excluding carboxylic acids is 1. The molecule has 1 rings (SSSR count). The monoisotopic (exact) mass is 236 g/mol. The van der Waals surface area contributed by atoms with E-state index in [9.17, 15) is 4.79 Å². The highest BCUT2D eigenvalue weighted by molar-refractivity contribution is 6.31. The minimum atomic E-state index is -0.189. The summed E-state index contributed by atoms with van der Waals surface area (Å²) in [4.78, 5) is 11.6. The maximum Gasteiger partial charge on any atom is 0.251 e. The van der Waals surface area contributed by atoms with Crippen LogP contribution in [0, 0.1) is 12.3 Å². The number of anilines is 1. The summed E-state index contributed by atoms with van der Waals surface area (Å²) in [5, 5.41) is 3.19. The van der Waals surface area contributed by atoms with Crippen molar-refractivity contribution < 1.29 is 4.79 Å². The Morgan fingerprint density at radius 1 is 1.50 bits per heavy atom. The Bertz CT molecular complexity index is 403. The number of terminal acetylenes is 1. The second-order valence-electron chi connectivity index (χ2n) is 3.34. The molecule has 1 amide bonds. The lowest BCUT2D eigenvalue weighted by Crippen LogP contribution is -2.24. The van der Waals surface area contributed by atoms with E-state index in [2.05, 4.69) is 11.2 Å². The standard InChI is InChI=1S/C12H13ClN2O/c1-2-3-4-5-15-12(16)9-6-10(13)8-11(14)7-9/h1,6-8H,3-5,14H2,(H,15,16). The van der Waals surface area contributed by atoms with E-state index in [1.54, 1.807) is 18.2 Å². The molecule has 0 saturated carbocycles. The van der Waals surface area contributed by atoms with Gasteiger partial charge in [-0.2, -0.15) is 0 Å². The van der Waals surface area contributed by atoms with Crippen molar-refractivity contribution in [1.82, 2.24) is 5.32 Å². The quantitative estimate of drug-likeness (QED) is 0.478. The zero-order valence-electron chi connectivity index (χ0n) is 8.79. The van der Waals surface area contributed by atoms with Crippen LogP contribution in [0.5, 0.6) is 0 Å². The van der Waals surface area contributed by atoms with Gasteiger partial charge >= 0.3 is 0 Å². The van der Waals surface area contributed by atoms with Gasteiger partial charge in [-0.3, -0.25) is 4.79 Å². The Morgan fingerprint density at radius 2 is 2.25 bits per heavy atom. The van der Waals surface area contributed by atoms with E-state index >= 15 is 0 Å². The molecule has 16 heavy (non-hydrogen) atoms. The molecule has 0 aliphatic heterocycles. The number of nitrogens with two attached hydrogens (primary N) is 1. The number of nitrogens with one attached hydrogen (secondary N) is 1. The van der Waals surface area contributed by atoms with Gasteiger partial charge in [-0.25, -0.2) is 0 Å². The summed E-state index contributed by atoms with van der Waals surface area (Å²) in [5.74, 6) is 2.32. The fourth-order valence-corrected chi connectivity index (χ4v) is 1.48. The third kappa shape index (κ3) is 3.84. The van der Waals surface area contributed by atoms with Gasteiger partial charge in [-0.15, -0.1) is 12.3 Å². The third-order valence-electron chi connectivity index (χ3n) is 1.97. The molecular weight excluding hydrogens is 224 g/mol. The van der Waals surface area contributed by atoms with Crippen molar-refractivity contribution in [3.8, 4) is 12.3 Å². The van der Waals surface area contributed by atoms with Crippen LogP contribution in [-0.2, 0) is 0 Å². The summed E-state index contributed by atoms with van der Waals surface area (Å²) in [5.41, 5.74) is 6.52. The third-order valence-corrected chi connectivity index (χ3v) is 2.18. The lowest BCUT2D eigenvalue weighted by Gasteiger charge is -2.05. The SMILES string of the molecule is C#CCCCNC(=O)c1cc(N)cc(Cl)c1. The lowest BCUT2D eigenvalue weighted by molar-refractivity contribution is 0.0953. The highest BCUT2D eigenvalue weighted by Gasteiger charge is 2.06. The summed E-state index contributed by atoms with van der Waals surface area (Å²) in [7, 11) is 0. The van der Waals surface area contributed by atoms with Crippen LogP contribution in [-0.4, -0.2) is 12.5 Å². The molecule has 0 radical (unpaired) electrons. The average molecular weight is 237 g/mol. The Morgan fingerprint density at radius 3 is 2.88 bits per heavy atom. The zero-order valence-corrected chi connectivity index (χ0v) is 9.55. The van der Waals surface area contributed by atoms with Crippen molar-refractivity contribution in [2.75, 3.05) is 12.3 Å². The number of hydrogen-bond acceptors (Lipinski definition) is 2. The molecule has 0 unspecified atom stereocenters. The molecule has 0 heterocycles. The van der Waals surface area contributed by atoms with E-state index in [4.69, 9.17) is 23.8 Å². The van der Waals surface area contributed by atoms with Crippen molar-refractivity contribution in [3.63, 3.8) is 0 Å². The van der Waals surface area contributed by atoms with Crippen LogP contribution in [0.2, 0.25) is 5.02 Å². The van der Waals surface area contributed by atoms with E-state index in [1.165, 1.54) is 0 Å². The first-order valence-electron chi connectivity index (χ1n) is 4.91. The number of nitrogen functional groups attached to an aromatic ring is 1. The van der Waals surface area contributed by atoms with Gasteiger partial charge in [0.15, 0.2) is 0 Å². The molecule has 1 aromatic rings. The van der Waals surface area contributed by atoms with Crippen LogP contribution in [0.15, 0.2) is 18.2 Å². The normalized spacial score (nSPS) is 9.50. The van der Waals surface area contributed by atoms with Crippen LogP contribution in [0.1, 0.15) is 23.2 Å². The average Bonchev–Trinajstić information content (AvgIpc) is 2.22. The number of amides is 1. The molecule has 0 bridgehead atoms. The summed E-state index contributed by atoms with van der Waals surface area (Å²) >= 11 is 5.79. The highest BCUT2D eigenvalue weighted by atomic mass is 35.5. The number of unbranched alkanes of at least 4 members (excludes halogenated alkanes) is 1. The topological polar surface area (TPSA) is 55.1 Å². The predicted octanol–water partition coefficient (Wildman–Crippen LogP) is 2.07. The van der Waals surface area contributed by atoms with Crippen molar-refractivity contribution in [2.45, 2.75) is 12.8 Å². The predicted molar refractivity (Wildman–Crippen MR) is 66.3 cm³/mol. The molecule has 3 N–H and O–H groups in total. The van der Waals surface area contributed by atoms with Crippen molar-refractivity contribution >= 4 is 23.2 Å². The second kappa shape index (κ2) is 6.04. The second-order valence-corrected chi connectivity index (χ2v) is 3.77. The number of benzene rings is 1. The van der Waals surface area contributed by atoms with Gasteiger partial charge in [-0.05, 0) is 24.6 Å². The Kier molecular flexibility index (Phi) is 4.68. The van der Waals surface area contributed by atoms with Crippen LogP contribution < -0.4 is 11.1 Å². The maximum absolute atomic E-state index is 11.6. The Hall–Kier alpha value is -1.66. The molecular formula is C12H13ClN2O. The largest absolute Gasteiger partial charge is 0.399 e. The van der Waals surface area contributed by atoms with Crippen LogP contribution in [0.25, 0.3) is 0 Å². The zero-order chi connectivity index (χ0) is 12.0. The Labute approximate surface area is 100.0 Å². The fraction of sp³-hybridized carbons (Fsp3) is 0.250. The summed E-state index contributed by atoms with van der Waals surface area (Å²) < 4.78 is 0. The molecule has 3 nitrogen and oxygen atoms in total. The minimum Gasteiger partial charge on any atom is -0.399 e. The van der Waals surface area contributed by atoms with Gasteiger partial charge in [0, 0.05) is 29.2 Å². The first kappa shape index (κ1) is 12.4. The molecule has 0 atom stereocenters. The van der Waals surface area contributed by atoms with E-state index in [1.807, 2.05) is 0 Å². The number of rotatable bonds is 4. The van der Waals surface area contributed by atoms with Crippen molar-refractivity contribution in [1.29, 1.82) is 0 Å². The van der Waals surface area contributed by atoms with Gasteiger partial charge in [0.2, 0.25) is 0 Å².